The number of nitrogens with two attached hydrogens (primary N) is 1. The highest BCUT2D eigenvalue weighted by molar-refractivity contribution is 5.62. The van der Waals surface area contributed by atoms with Crippen molar-refractivity contribution < 1.29 is 10.2 Å². The van der Waals surface area contributed by atoms with Gasteiger partial charge in [0.2, 0.25) is 0 Å². The minimum absolute atomic E-state index is 0.0712. The van der Waals surface area contributed by atoms with Gasteiger partial charge in [0.05, 0.1) is 13.2 Å². The SMILES string of the molecule is CCCn1c(N)c(N(CCO)CCO)c(=O)n(C)c1=O. The average Bonchev–Trinajstić information content (AvgIpc) is 2.42. The molecule has 0 amide bonds. The monoisotopic (exact) mass is 286 g/mol. The van der Waals surface area contributed by atoms with E-state index in [2.05, 4.69) is 0 Å². The number of anilines is 2. The van der Waals surface area contributed by atoms with Crippen molar-refractivity contribution in [3.63, 3.8) is 0 Å². The van der Waals surface area contributed by atoms with E-state index in [0.29, 0.717) is 13.0 Å². The summed E-state index contributed by atoms with van der Waals surface area (Å²) in [5, 5.41) is 18.1. The third-order valence-electron chi connectivity index (χ3n) is 3.06. The lowest BCUT2D eigenvalue weighted by Crippen LogP contribution is -2.44. The summed E-state index contributed by atoms with van der Waals surface area (Å²) in [6, 6.07) is 0. The molecule has 0 saturated carbocycles. The second kappa shape index (κ2) is 7.11. The van der Waals surface area contributed by atoms with Crippen molar-refractivity contribution in [2.75, 3.05) is 36.9 Å². The molecule has 0 aliphatic rings. The number of aliphatic hydroxyl groups excluding tert-OH is 2. The molecular formula is C12H22N4O4. The van der Waals surface area contributed by atoms with Crippen LogP contribution in [0.25, 0.3) is 0 Å². The Bertz CT molecular complexity index is 558. The Kier molecular flexibility index (Phi) is 5.78. The zero-order valence-corrected chi connectivity index (χ0v) is 11.9. The fourth-order valence-electron chi connectivity index (χ4n) is 2.08. The Balaban J connectivity index is 3.51. The van der Waals surface area contributed by atoms with Gasteiger partial charge >= 0.3 is 5.69 Å². The molecule has 0 bridgehead atoms. The van der Waals surface area contributed by atoms with E-state index in [1.165, 1.54) is 16.5 Å². The molecular weight excluding hydrogens is 264 g/mol. The number of hydrogen-bond donors (Lipinski definition) is 3. The molecule has 0 radical (unpaired) electrons. The maximum atomic E-state index is 12.2. The van der Waals surface area contributed by atoms with E-state index < -0.39 is 11.2 Å². The highest BCUT2D eigenvalue weighted by Gasteiger charge is 2.19. The largest absolute Gasteiger partial charge is 0.395 e. The first-order valence-corrected chi connectivity index (χ1v) is 6.55. The Morgan fingerprint density at radius 3 is 2.20 bits per heavy atom. The molecule has 0 fully saturated rings. The number of nitrogens with zero attached hydrogens (tertiary/aromatic N) is 3. The summed E-state index contributed by atoms with van der Waals surface area (Å²) in [6.45, 7) is 2.24. The van der Waals surface area contributed by atoms with Gasteiger partial charge in [0.1, 0.15) is 11.5 Å². The Hall–Kier alpha value is -1.80. The van der Waals surface area contributed by atoms with Gasteiger partial charge in [-0.05, 0) is 6.42 Å². The third-order valence-corrected chi connectivity index (χ3v) is 3.06. The normalized spacial score (nSPS) is 10.8. The number of aromatic nitrogens is 2. The zero-order valence-electron chi connectivity index (χ0n) is 11.9. The lowest BCUT2D eigenvalue weighted by Gasteiger charge is -2.25. The van der Waals surface area contributed by atoms with Crippen LogP contribution in [0.4, 0.5) is 11.5 Å². The summed E-state index contributed by atoms with van der Waals surface area (Å²) in [4.78, 5) is 25.7. The molecule has 1 aromatic heterocycles. The Labute approximate surface area is 116 Å². The number of rotatable bonds is 7. The number of nitrogen functional groups attached to an aromatic ring is 1. The quantitative estimate of drug-likeness (QED) is 0.552. The summed E-state index contributed by atoms with van der Waals surface area (Å²) in [6.07, 6.45) is 0.696. The molecule has 8 heteroatoms. The molecule has 114 valence electrons. The van der Waals surface area contributed by atoms with Crippen molar-refractivity contribution in [2.45, 2.75) is 19.9 Å². The van der Waals surface area contributed by atoms with E-state index in [4.69, 9.17) is 15.9 Å². The molecule has 20 heavy (non-hydrogen) atoms. The van der Waals surface area contributed by atoms with Crippen molar-refractivity contribution in [3.05, 3.63) is 20.8 Å². The topological polar surface area (TPSA) is 114 Å². The summed E-state index contributed by atoms with van der Waals surface area (Å²) in [5.41, 5.74) is 5.10. The first-order valence-electron chi connectivity index (χ1n) is 6.55. The molecule has 0 unspecified atom stereocenters. The van der Waals surface area contributed by atoms with Gasteiger partial charge < -0.3 is 20.8 Å². The standard InChI is InChI=1S/C12H22N4O4/c1-3-4-16-10(13)9(11(19)14(2)12(16)20)15(5-7-17)6-8-18/h17-18H,3-8,13H2,1-2H3. The highest BCUT2D eigenvalue weighted by Crippen LogP contribution is 2.16. The van der Waals surface area contributed by atoms with E-state index in [0.717, 1.165) is 4.57 Å². The zero-order chi connectivity index (χ0) is 15.3. The van der Waals surface area contributed by atoms with Gasteiger partial charge in [-0.3, -0.25) is 13.9 Å². The molecule has 4 N–H and O–H groups in total. The van der Waals surface area contributed by atoms with E-state index in [1.54, 1.807) is 0 Å². The molecule has 0 atom stereocenters. The number of hydrogen-bond acceptors (Lipinski definition) is 6. The van der Waals surface area contributed by atoms with Crippen LogP contribution < -0.4 is 21.9 Å². The fraction of sp³-hybridized carbons (Fsp3) is 0.667. The van der Waals surface area contributed by atoms with E-state index in [1.807, 2.05) is 6.92 Å². The molecule has 1 rings (SSSR count). The summed E-state index contributed by atoms with van der Waals surface area (Å²) in [5.74, 6) is 0.0712. The molecule has 0 aromatic carbocycles. The van der Waals surface area contributed by atoms with Crippen LogP contribution in [0.2, 0.25) is 0 Å². The van der Waals surface area contributed by atoms with Gasteiger partial charge in [0.25, 0.3) is 5.56 Å². The molecule has 0 aliphatic carbocycles. The predicted octanol–water partition coefficient (Wildman–Crippen LogP) is -1.67. The van der Waals surface area contributed by atoms with Gasteiger partial charge in [0.15, 0.2) is 0 Å². The first kappa shape index (κ1) is 16.3. The van der Waals surface area contributed by atoms with E-state index in [9.17, 15) is 9.59 Å². The minimum Gasteiger partial charge on any atom is -0.395 e. The van der Waals surface area contributed by atoms with Gasteiger partial charge in [-0.1, -0.05) is 6.92 Å². The minimum atomic E-state index is -0.526. The van der Waals surface area contributed by atoms with Crippen LogP contribution in [0.1, 0.15) is 13.3 Å². The molecule has 0 spiro atoms. The molecule has 1 aromatic rings. The van der Waals surface area contributed by atoms with Gasteiger partial charge in [-0.2, -0.15) is 0 Å². The summed E-state index contributed by atoms with van der Waals surface area (Å²) < 4.78 is 2.32. The number of aliphatic hydroxyl groups is 2. The summed E-state index contributed by atoms with van der Waals surface area (Å²) >= 11 is 0. The van der Waals surface area contributed by atoms with Gasteiger partial charge in [0, 0.05) is 26.7 Å². The lowest BCUT2D eigenvalue weighted by molar-refractivity contribution is 0.281. The van der Waals surface area contributed by atoms with Crippen LogP contribution >= 0.6 is 0 Å². The van der Waals surface area contributed by atoms with Crippen LogP contribution in [-0.4, -0.2) is 45.7 Å². The van der Waals surface area contributed by atoms with E-state index in [-0.39, 0.29) is 37.8 Å². The maximum absolute atomic E-state index is 12.2. The Morgan fingerprint density at radius 2 is 1.75 bits per heavy atom. The van der Waals surface area contributed by atoms with Crippen LogP contribution in [-0.2, 0) is 13.6 Å². The van der Waals surface area contributed by atoms with Crippen molar-refractivity contribution in [1.82, 2.24) is 9.13 Å². The Morgan fingerprint density at radius 1 is 1.20 bits per heavy atom. The second-order valence-corrected chi connectivity index (χ2v) is 4.47. The molecule has 0 aliphatic heterocycles. The molecule has 1 heterocycles. The van der Waals surface area contributed by atoms with Crippen molar-refractivity contribution in [1.29, 1.82) is 0 Å². The predicted molar refractivity (Wildman–Crippen MR) is 77.0 cm³/mol. The summed E-state index contributed by atoms with van der Waals surface area (Å²) in [7, 11) is 1.38. The van der Waals surface area contributed by atoms with Crippen molar-refractivity contribution >= 4 is 11.5 Å². The van der Waals surface area contributed by atoms with E-state index >= 15 is 0 Å². The molecule has 0 saturated heterocycles. The average molecular weight is 286 g/mol. The second-order valence-electron chi connectivity index (χ2n) is 4.47. The van der Waals surface area contributed by atoms with Crippen molar-refractivity contribution in [3.8, 4) is 0 Å². The molecule has 8 nitrogen and oxygen atoms in total. The fourth-order valence-corrected chi connectivity index (χ4v) is 2.08. The van der Waals surface area contributed by atoms with Crippen LogP contribution in [0.15, 0.2) is 9.59 Å². The first-order chi connectivity index (χ1) is 9.49. The van der Waals surface area contributed by atoms with Gasteiger partial charge in [-0.25, -0.2) is 4.79 Å². The maximum Gasteiger partial charge on any atom is 0.332 e. The highest BCUT2D eigenvalue weighted by atomic mass is 16.3. The third kappa shape index (κ3) is 3.02. The van der Waals surface area contributed by atoms with Crippen LogP contribution in [0.3, 0.4) is 0 Å². The van der Waals surface area contributed by atoms with Crippen LogP contribution in [0.5, 0.6) is 0 Å². The van der Waals surface area contributed by atoms with Crippen LogP contribution in [0, 0.1) is 0 Å². The van der Waals surface area contributed by atoms with Gasteiger partial charge in [-0.15, -0.1) is 0 Å². The smallest absolute Gasteiger partial charge is 0.332 e. The van der Waals surface area contributed by atoms with Crippen molar-refractivity contribution in [2.24, 2.45) is 7.05 Å². The lowest BCUT2D eigenvalue weighted by atomic mass is 10.3.